The Balaban J connectivity index is 2.25. The first kappa shape index (κ1) is 14.0. The van der Waals surface area contributed by atoms with Crippen LogP contribution >= 0.6 is 12.6 Å². The van der Waals surface area contributed by atoms with Crippen molar-refractivity contribution in [1.82, 2.24) is 9.80 Å². The summed E-state index contributed by atoms with van der Waals surface area (Å²) < 4.78 is 5.06. The Morgan fingerprint density at radius 3 is 2.88 bits per heavy atom. The molecule has 94 valence electrons. The van der Waals surface area contributed by atoms with Gasteiger partial charge in [0.2, 0.25) is 0 Å². The molecule has 0 saturated carbocycles. The van der Waals surface area contributed by atoms with Gasteiger partial charge in [-0.3, -0.25) is 4.79 Å². The number of carbonyl (C=O) groups excluding carboxylic acids is 1. The summed E-state index contributed by atoms with van der Waals surface area (Å²) in [6.45, 7) is 3.61. The molecule has 0 aliphatic carbocycles. The van der Waals surface area contributed by atoms with Crippen molar-refractivity contribution in [3.63, 3.8) is 0 Å². The van der Waals surface area contributed by atoms with E-state index in [4.69, 9.17) is 4.74 Å². The van der Waals surface area contributed by atoms with Gasteiger partial charge in [0.1, 0.15) is 5.78 Å². The summed E-state index contributed by atoms with van der Waals surface area (Å²) in [5.74, 6) is 0.674. The summed E-state index contributed by atoms with van der Waals surface area (Å²) in [5.41, 5.74) is 0. The molecule has 1 aliphatic rings. The van der Waals surface area contributed by atoms with Gasteiger partial charge in [-0.25, -0.2) is 0 Å². The van der Waals surface area contributed by atoms with Crippen molar-refractivity contribution < 1.29 is 9.53 Å². The Labute approximate surface area is 103 Å². The fourth-order valence-electron chi connectivity index (χ4n) is 1.94. The molecule has 0 N–H and O–H groups in total. The fraction of sp³-hybridized carbons (Fsp3) is 0.909. The van der Waals surface area contributed by atoms with Crippen LogP contribution in [0.15, 0.2) is 0 Å². The molecule has 1 saturated heterocycles. The van der Waals surface area contributed by atoms with E-state index < -0.39 is 0 Å². The Morgan fingerprint density at radius 2 is 2.19 bits per heavy atom. The van der Waals surface area contributed by atoms with Gasteiger partial charge < -0.3 is 14.5 Å². The van der Waals surface area contributed by atoms with E-state index in [0.29, 0.717) is 31.4 Å². The van der Waals surface area contributed by atoms with E-state index in [2.05, 4.69) is 36.5 Å². The number of hydrogen-bond donors (Lipinski definition) is 1. The summed E-state index contributed by atoms with van der Waals surface area (Å²) in [4.78, 5) is 16.2. The van der Waals surface area contributed by atoms with Crippen LogP contribution in [0.4, 0.5) is 0 Å². The number of hydrogen-bond acceptors (Lipinski definition) is 5. The highest BCUT2D eigenvalue weighted by Crippen LogP contribution is 2.10. The predicted octanol–water partition coefficient (Wildman–Crippen LogP) is 0.485. The molecular formula is C11H22N2O2S. The van der Waals surface area contributed by atoms with Crippen molar-refractivity contribution in [2.75, 3.05) is 46.3 Å². The van der Waals surface area contributed by atoms with Crippen LogP contribution < -0.4 is 0 Å². The topological polar surface area (TPSA) is 32.8 Å². The monoisotopic (exact) mass is 246 g/mol. The van der Waals surface area contributed by atoms with E-state index in [-0.39, 0.29) is 5.78 Å². The third-order valence-corrected chi connectivity index (χ3v) is 3.24. The largest absolute Gasteiger partial charge is 0.371 e. The van der Waals surface area contributed by atoms with Gasteiger partial charge in [0.15, 0.2) is 0 Å². The van der Waals surface area contributed by atoms with E-state index in [9.17, 15) is 4.79 Å². The van der Waals surface area contributed by atoms with Crippen LogP contribution in [-0.2, 0) is 9.53 Å². The van der Waals surface area contributed by atoms with Crippen LogP contribution in [0, 0.1) is 0 Å². The van der Waals surface area contributed by atoms with Crippen LogP contribution in [-0.4, -0.2) is 67.9 Å². The van der Waals surface area contributed by atoms with Gasteiger partial charge in [-0.05, 0) is 14.1 Å². The van der Waals surface area contributed by atoms with E-state index in [1.807, 2.05) is 0 Å². The molecule has 1 fully saturated rings. The molecular weight excluding hydrogens is 224 g/mol. The number of Topliss-reactive ketones (excluding diaryl/α,β-unsaturated/α-hetero) is 1. The van der Waals surface area contributed by atoms with Crippen LogP contribution in [0.2, 0.25) is 0 Å². The van der Waals surface area contributed by atoms with Gasteiger partial charge in [-0.15, -0.1) is 0 Å². The average molecular weight is 246 g/mol. The van der Waals surface area contributed by atoms with Gasteiger partial charge in [-0.2, -0.15) is 12.6 Å². The van der Waals surface area contributed by atoms with Gasteiger partial charge in [0, 0.05) is 38.5 Å². The van der Waals surface area contributed by atoms with Crippen LogP contribution in [0.1, 0.15) is 12.8 Å². The van der Waals surface area contributed by atoms with E-state index in [0.717, 1.165) is 19.6 Å². The lowest BCUT2D eigenvalue weighted by Gasteiger charge is -2.37. The van der Waals surface area contributed by atoms with Crippen molar-refractivity contribution in [3.05, 3.63) is 0 Å². The summed E-state index contributed by atoms with van der Waals surface area (Å²) >= 11 is 3.93. The molecule has 16 heavy (non-hydrogen) atoms. The minimum Gasteiger partial charge on any atom is -0.371 e. The van der Waals surface area contributed by atoms with Crippen molar-refractivity contribution in [2.24, 2.45) is 0 Å². The number of nitrogens with zero attached hydrogens (tertiary/aromatic N) is 2. The van der Waals surface area contributed by atoms with Gasteiger partial charge in [0.25, 0.3) is 0 Å². The first-order chi connectivity index (χ1) is 7.63. The number of likely N-dealkylation sites (N-methyl/N-ethyl adjacent to an activating group) is 2. The highest BCUT2D eigenvalue weighted by molar-refractivity contribution is 7.80. The Kier molecular flexibility index (Phi) is 6.34. The summed E-state index contributed by atoms with van der Waals surface area (Å²) in [7, 11) is 4.20. The molecule has 0 radical (unpaired) electrons. The molecule has 0 aromatic heterocycles. The normalized spacial score (nSPS) is 23.6. The Hall–Kier alpha value is -0.100. The SMILES string of the molecule is CN1CCN(C)C(CC(=O)CCOCS)C1. The summed E-state index contributed by atoms with van der Waals surface area (Å²) in [6, 6.07) is 0.363. The van der Waals surface area contributed by atoms with Gasteiger partial charge >= 0.3 is 0 Å². The number of ketones is 1. The molecule has 1 aliphatic heterocycles. The maximum absolute atomic E-state index is 11.7. The minimum absolute atomic E-state index is 0.286. The third-order valence-electron chi connectivity index (χ3n) is 3.06. The van der Waals surface area contributed by atoms with E-state index in [1.165, 1.54) is 0 Å². The van der Waals surface area contributed by atoms with Crippen molar-refractivity contribution in [3.8, 4) is 0 Å². The zero-order chi connectivity index (χ0) is 12.0. The second-order valence-corrected chi connectivity index (χ2v) is 4.69. The van der Waals surface area contributed by atoms with E-state index >= 15 is 0 Å². The molecule has 1 rings (SSSR count). The molecule has 5 heteroatoms. The number of carbonyl (C=O) groups is 1. The maximum Gasteiger partial charge on any atom is 0.136 e. The molecule has 0 aromatic rings. The quantitative estimate of drug-likeness (QED) is 0.420. The maximum atomic E-state index is 11.7. The van der Waals surface area contributed by atoms with E-state index in [1.54, 1.807) is 0 Å². The highest BCUT2D eigenvalue weighted by Gasteiger charge is 2.23. The summed E-state index contributed by atoms with van der Waals surface area (Å²) in [5, 5.41) is 0. The number of thiol groups is 1. The van der Waals surface area contributed by atoms with Crippen molar-refractivity contribution >= 4 is 18.4 Å². The van der Waals surface area contributed by atoms with Crippen LogP contribution in [0.5, 0.6) is 0 Å². The lowest BCUT2D eigenvalue weighted by Crippen LogP contribution is -2.50. The lowest BCUT2D eigenvalue weighted by atomic mass is 10.0. The van der Waals surface area contributed by atoms with Crippen LogP contribution in [0.3, 0.4) is 0 Å². The molecule has 4 nitrogen and oxygen atoms in total. The zero-order valence-corrected chi connectivity index (χ0v) is 11.1. The second kappa shape index (κ2) is 7.27. The van der Waals surface area contributed by atoms with Crippen molar-refractivity contribution in [2.45, 2.75) is 18.9 Å². The molecule has 0 spiro atoms. The second-order valence-electron chi connectivity index (χ2n) is 4.43. The first-order valence-corrected chi connectivity index (χ1v) is 6.36. The van der Waals surface area contributed by atoms with Crippen LogP contribution in [0.25, 0.3) is 0 Å². The standard InChI is InChI=1S/C11H22N2O2S/c1-12-4-5-13(2)10(8-12)7-11(14)3-6-15-9-16/h10,16H,3-9H2,1-2H3. The number of rotatable bonds is 6. The zero-order valence-electron chi connectivity index (χ0n) is 10.2. The smallest absolute Gasteiger partial charge is 0.136 e. The molecule has 0 amide bonds. The highest BCUT2D eigenvalue weighted by atomic mass is 32.1. The molecule has 1 unspecified atom stereocenters. The summed E-state index contributed by atoms with van der Waals surface area (Å²) in [6.07, 6.45) is 1.14. The Bertz CT molecular complexity index is 226. The molecule has 0 aromatic carbocycles. The first-order valence-electron chi connectivity index (χ1n) is 5.72. The number of piperazine rings is 1. The average Bonchev–Trinajstić information content (AvgIpc) is 2.24. The number of ether oxygens (including phenoxy) is 1. The minimum atomic E-state index is 0.286. The fourth-order valence-corrected chi connectivity index (χ4v) is 2.07. The third kappa shape index (κ3) is 4.82. The Morgan fingerprint density at radius 1 is 1.44 bits per heavy atom. The lowest BCUT2D eigenvalue weighted by molar-refractivity contribution is -0.121. The molecule has 0 bridgehead atoms. The van der Waals surface area contributed by atoms with Gasteiger partial charge in [-0.1, -0.05) is 0 Å². The van der Waals surface area contributed by atoms with Crippen molar-refractivity contribution in [1.29, 1.82) is 0 Å². The molecule has 1 heterocycles. The molecule has 1 atom stereocenters. The predicted molar refractivity (Wildman–Crippen MR) is 68.0 cm³/mol. The van der Waals surface area contributed by atoms with Gasteiger partial charge in [0.05, 0.1) is 12.5 Å².